The van der Waals surface area contributed by atoms with Crippen molar-refractivity contribution < 1.29 is 27.8 Å². The highest BCUT2D eigenvalue weighted by Crippen LogP contribution is 2.38. The summed E-state index contributed by atoms with van der Waals surface area (Å²) in [5.74, 6) is 0.264. The van der Waals surface area contributed by atoms with Gasteiger partial charge >= 0.3 is 6.61 Å². The number of hydrogen-bond acceptors (Lipinski definition) is 8. The number of aromatic amines is 1. The Balaban J connectivity index is 1.29. The molecule has 0 bridgehead atoms. The van der Waals surface area contributed by atoms with Crippen LogP contribution < -0.4 is 20.1 Å². The van der Waals surface area contributed by atoms with Gasteiger partial charge in [0.15, 0.2) is 5.65 Å². The first-order chi connectivity index (χ1) is 19.5. The summed E-state index contributed by atoms with van der Waals surface area (Å²) in [6.07, 6.45) is 5.87. The van der Waals surface area contributed by atoms with Crippen molar-refractivity contribution in [2.75, 3.05) is 25.0 Å². The Labute approximate surface area is 226 Å². The van der Waals surface area contributed by atoms with Crippen LogP contribution in [-0.4, -0.2) is 57.0 Å². The lowest BCUT2D eigenvalue weighted by Crippen LogP contribution is -2.33. The number of morpholine rings is 1. The normalized spacial score (nSPS) is 15.3. The number of nitrogens with zero attached hydrogens (tertiary/aromatic N) is 4. The molecule has 0 radical (unpaired) electrons. The number of carbonyl (C=O) groups is 1. The van der Waals surface area contributed by atoms with Crippen molar-refractivity contribution in [3.05, 3.63) is 84.4 Å². The number of alkyl halides is 2. The van der Waals surface area contributed by atoms with Gasteiger partial charge in [0.05, 0.1) is 36.5 Å². The molecule has 1 aliphatic heterocycles. The fourth-order valence-corrected chi connectivity index (χ4v) is 4.42. The Kier molecular flexibility index (Phi) is 7.04. The average molecular weight is 548 g/mol. The van der Waals surface area contributed by atoms with E-state index in [4.69, 9.17) is 14.2 Å². The summed E-state index contributed by atoms with van der Waals surface area (Å²) in [7, 11) is 0. The number of H-pyrrole nitrogens is 1. The van der Waals surface area contributed by atoms with E-state index < -0.39 is 12.5 Å². The van der Waals surface area contributed by atoms with Gasteiger partial charge in [-0.2, -0.15) is 19.0 Å². The van der Waals surface area contributed by atoms with Crippen LogP contribution in [0.3, 0.4) is 0 Å². The predicted octanol–water partition coefficient (Wildman–Crippen LogP) is 4.43. The molecule has 1 saturated heterocycles. The van der Waals surface area contributed by atoms with E-state index in [-0.39, 0.29) is 34.4 Å². The highest BCUT2D eigenvalue weighted by atomic mass is 19.3. The van der Waals surface area contributed by atoms with E-state index in [0.29, 0.717) is 30.3 Å². The molecule has 2 aromatic carbocycles. The summed E-state index contributed by atoms with van der Waals surface area (Å²) in [5, 5.41) is 16.9. The van der Waals surface area contributed by atoms with Gasteiger partial charge in [-0.1, -0.05) is 12.1 Å². The highest BCUT2D eigenvalue weighted by Gasteiger charge is 2.21. The van der Waals surface area contributed by atoms with Gasteiger partial charge in [-0.05, 0) is 42.0 Å². The van der Waals surface area contributed by atoms with Crippen LogP contribution >= 0.6 is 0 Å². The summed E-state index contributed by atoms with van der Waals surface area (Å²) in [4.78, 5) is 17.3. The van der Waals surface area contributed by atoms with Crippen molar-refractivity contribution in [3.8, 4) is 28.5 Å². The first-order valence-corrected chi connectivity index (χ1v) is 12.4. The molecule has 0 aliphatic carbocycles. The van der Waals surface area contributed by atoms with Crippen molar-refractivity contribution in [2.24, 2.45) is 0 Å². The topological polar surface area (TPSA) is 128 Å². The van der Waals surface area contributed by atoms with Crippen LogP contribution in [0.2, 0.25) is 0 Å². The van der Waals surface area contributed by atoms with Crippen molar-refractivity contribution in [3.63, 3.8) is 0 Å². The van der Waals surface area contributed by atoms with E-state index >= 15 is 0 Å². The van der Waals surface area contributed by atoms with Gasteiger partial charge in [0.1, 0.15) is 22.8 Å². The number of halogens is 2. The van der Waals surface area contributed by atoms with Crippen LogP contribution in [0.4, 0.5) is 14.5 Å². The second-order valence-electron chi connectivity index (χ2n) is 8.83. The number of carbonyl (C=O) groups excluding carboxylic acids is 1. The third kappa shape index (κ3) is 5.32. The lowest BCUT2D eigenvalue weighted by molar-refractivity contribution is -0.0494. The maximum Gasteiger partial charge on any atom is 0.387 e. The van der Waals surface area contributed by atoms with Crippen LogP contribution in [0.25, 0.3) is 16.9 Å². The van der Waals surface area contributed by atoms with Crippen molar-refractivity contribution in [1.29, 1.82) is 0 Å². The molecule has 6 rings (SSSR count). The monoisotopic (exact) mass is 547 g/mol. The van der Waals surface area contributed by atoms with Crippen molar-refractivity contribution in [2.45, 2.75) is 12.7 Å². The quantitative estimate of drug-likeness (QED) is 0.261. The van der Waals surface area contributed by atoms with Crippen LogP contribution in [0.15, 0.2) is 73.3 Å². The molecule has 3 N–H and O–H groups in total. The molecule has 0 spiro atoms. The van der Waals surface area contributed by atoms with Crippen LogP contribution in [0.1, 0.15) is 22.0 Å². The molecule has 1 amide bonds. The van der Waals surface area contributed by atoms with Crippen LogP contribution in [0, 0.1) is 0 Å². The van der Waals surface area contributed by atoms with Crippen molar-refractivity contribution in [1.82, 2.24) is 30.1 Å². The molecule has 1 atom stereocenters. The molecule has 1 fully saturated rings. The molecule has 5 aromatic rings. The average Bonchev–Trinajstić information content (AvgIpc) is 3.61. The minimum atomic E-state index is -3.07. The van der Waals surface area contributed by atoms with E-state index in [1.165, 1.54) is 35.1 Å². The second-order valence-corrected chi connectivity index (χ2v) is 8.83. The maximum absolute atomic E-state index is 13.3. The summed E-state index contributed by atoms with van der Waals surface area (Å²) in [6.45, 7) is -0.972. The van der Waals surface area contributed by atoms with E-state index in [9.17, 15) is 13.6 Å². The molecule has 40 heavy (non-hydrogen) atoms. The van der Waals surface area contributed by atoms with Gasteiger partial charge in [0.25, 0.3) is 5.91 Å². The third-order valence-corrected chi connectivity index (χ3v) is 6.24. The van der Waals surface area contributed by atoms with Gasteiger partial charge in [-0.15, -0.1) is 0 Å². The number of fused-ring (bicyclic) bond motifs is 1. The molecule has 3 aromatic heterocycles. The lowest BCUT2D eigenvalue weighted by Gasteiger charge is -2.24. The summed E-state index contributed by atoms with van der Waals surface area (Å²) >= 11 is 0. The van der Waals surface area contributed by atoms with Gasteiger partial charge in [0.2, 0.25) is 0 Å². The zero-order chi connectivity index (χ0) is 27.5. The predicted molar refractivity (Wildman–Crippen MR) is 140 cm³/mol. The largest absolute Gasteiger partial charge is 0.457 e. The maximum atomic E-state index is 13.3. The molecule has 0 saturated carbocycles. The van der Waals surface area contributed by atoms with Gasteiger partial charge < -0.3 is 24.8 Å². The number of nitrogens with one attached hydrogen (secondary N) is 3. The molecular weight excluding hydrogens is 524 g/mol. The lowest BCUT2D eigenvalue weighted by atomic mass is 10.1. The molecule has 204 valence electrons. The van der Waals surface area contributed by atoms with Gasteiger partial charge in [-0.3, -0.25) is 9.89 Å². The standard InChI is InChI=1S/C27H23F2N7O4/c28-27(29)40-22-6-5-18(39-17-4-1-3-16(11-17)23-15-30-8-10-38-23)12-19(22)24-21(14-32-35-24)34-26(37)20-13-33-36-9-2-7-31-25(20)36/h1-7,9,11-14,23,27,30H,8,10,15H2,(H,32,35)(H,34,37)/t23-/m0/s1. The SMILES string of the molecule is O=C(Nc1cn[nH]c1-c1cc(Oc2cccc([C@@H]3CNCCO3)c2)ccc1OC(F)F)c1cnn2cccnc12. The highest BCUT2D eigenvalue weighted by molar-refractivity contribution is 6.09. The van der Waals surface area contributed by atoms with E-state index in [0.717, 1.165) is 12.1 Å². The molecule has 13 heteroatoms. The van der Waals surface area contributed by atoms with E-state index in [1.54, 1.807) is 24.5 Å². The zero-order valence-corrected chi connectivity index (χ0v) is 20.9. The number of ether oxygens (including phenoxy) is 3. The Hall–Kier alpha value is -4.88. The summed E-state index contributed by atoms with van der Waals surface area (Å²) in [5.41, 5.74) is 2.22. The Morgan fingerprint density at radius 1 is 1.15 bits per heavy atom. The van der Waals surface area contributed by atoms with E-state index in [1.807, 2.05) is 18.2 Å². The number of aromatic nitrogens is 5. The fourth-order valence-electron chi connectivity index (χ4n) is 4.42. The fraction of sp³-hybridized carbons (Fsp3) is 0.185. The van der Waals surface area contributed by atoms with Crippen LogP contribution in [-0.2, 0) is 4.74 Å². The minimum Gasteiger partial charge on any atom is -0.457 e. The minimum absolute atomic E-state index is 0.103. The van der Waals surface area contributed by atoms with Gasteiger partial charge in [-0.25, -0.2) is 9.50 Å². The molecule has 4 heterocycles. The number of anilines is 1. The van der Waals surface area contributed by atoms with Crippen molar-refractivity contribution >= 4 is 17.2 Å². The first kappa shape index (κ1) is 25.4. The Morgan fingerprint density at radius 2 is 2.05 bits per heavy atom. The molecule has 1 aliphatic rings. The second kappa shape index (κ2) is 11.1. The van der Waals surface area contributed by atoms with E-state index in [2.05, 4.69) is 30.9 Å². The zero-order valence-electron chi connectivity index (χ0n) is 20.9. The molecule has 0 unspecified atom stereocenters. The Bertz CT molecular complexity index is 1650. The summed E-state index contributed by atoms with van der Waals surface area (Å²) < 4.78 is 44.7. The van der Waals surface area contributed by atoms with Gasteiger partial charge in [0, 0.05) is 31.0 Å². The first-order valence-electron chi connectivity index (χ1n) is 12.4. The van der Waals surface area contributed by atoms with Crippen LogP contribution in [0.5, 0.6) is 17.2 Å². The molecular formula is C27H23F2N7O4. The number of hydrogen-bond donors (Lipinski definition) is 3. The summed E-state index contributed by atoms with van der Waals surface area (Å²) in [6, 6.07) is 13.6. The number of rotatable bonds is 8. The number of amides is 1. The third-order valence-electron chi connectivity index (χ3n) is 6.24. The molecule has 11 nitrogen and oxygen atoms in total. The smallest absolute Gasteiger partial charge is 0.387 e. The number of benzene rings is 2. The Morgan fingerprint density at radius 3 is 2.90 bits per heavy atom.